The van der Waals surface area contributed by atoms with Gasteiger partial charge in [-0.2, -0.15) is 0 Å². The molecule has 40 heavy (non-hydrogen) atoms. The van der Waals surface area contributed by atoms with Crippen LogP contribution < -0.4 is 16.4 Å². The van der Waals surface area contributed by atoms with Gasteiger partial charge in [0, 0.05) is 44.7 Å². The zero-order valence-corrected chi connectivity index (χ0v) is 24.9. The molecule has 0 spiro atoms. The Morgan fingerprint density at radius 3 is 2.20 bits per heavy atom. The Balaban J connectivity index is 0.000000371. The van der Waals surface area contributed by atoms with Crippen LogP contribution in [0.3, 0.4) is 0 Å². The van der Waals surface area contributed by atoms with Gasteiger partial charge < -0.3 is 26.2 Å². The van der Waals surface area contributed by atoms with Gasteiger partial charge >= 0.3 is 0 Å². The van der Waals surface area contributed by atoms with Gasteiger partial charge in [-0.05, 0) is 83.5 Å². The second-order valence-electron chi connectivity index (χ2n) is 12.9. The van der Waals surface area contributed by atoms with Crippen molar-refractivity contribution in [3.8, 4) is 0 Å². The fourth-order valence-corrected chi connectivity index (χ4v) is 6.24. The van der Waals surface area contributed by atoms with Crippen molar-refractivity contribution in [1.29, 1.82) is 0 Å². The highest BCUT2D eigenvalue weighted by Crippen LogP contribution is 2.46. The topological polar surface area (TPSA) is 108 Å². The van der Waals surface area contributed by atoms with Crippen LogP contribution in [0.1, 0.15) is 77.7 Å². The molecule has 2 heterocycles. The van der Waals surface area contributed by atoms with Crippen LogP contribution in [0.25, 0.3) is 0 Å². The summed E-state index contributed by atoms with van der Waals surface area (Å²) in [7, 11) is 1.98. The van der Waals surface area contributed by atoms with E-state index in [0.29, 0.717) is 31.8 Å². The van der Waals surface area contributed by atoms with Crippen LogP contribution >= 0.6 is 0 Å². The predicted molar refractivity (Wildman–Crippen MR) is 156 cm³/mol. The van der Waals surface area contributed by atoms with Crippen LogP contribution in [-0.4, -0.2) is 78.9 Å². The first-order valence-corrected chi connectivity index (χ1v) is 15.0. The molecular weight excluding hydrogens is 509 g/mol. The van der Waals surface area contributed by atoms with Crippen molar-refractivity contribution in [1.82, 2.24) is 20.4 Å². The number of hydrogen-bond acceptors (Lipinski definition) is 5. The molecule has 2 aliphatic heterocycles. The second-order valence-corrected chi connectivity index (χ2v) is 12.9. The van der Waals surface area contributed by atoms with Crippen molar-refractivity contribution in [3.05, 3.63) is 35.6 Å². The number of carbonyl (C=O) groups excluding carboxylic acids is 3. The molecule has 1 saturated carbocycles. The number of nitrogens with one attached hydrogen (secondary N) is 2. The standard InChI is InChI=1S/C25H37FN2O2.C6H13N3O/c1-24(2,3)27-23(30)25(20-7-5-4-6-8-20)15-17-28(18-16-25)22(29)14-11-19-9-12-21(26)13-10-19;1-9-3-2-8-5(4-9)6(7)10/h9-10,12-13,20H,4-8,11,14-18H2,1-3H3,(H,27,30);5,8H,2-4H2,1H3,(H2,7,10)/t;5-/m.0/s1. The number of amides is 3. The maximum absolute atomic E-state index is 13.4. The van der Waals surface area contributed by atoms with Crippen LogP contribution in [0, 0.1) is 17.2 Å². The largest absolute Gasteiger partial charge is 0.368 e. The molecule has 4 N–H and O–H groups in total. The molecule has 0 unspecified atom stereocenters. The second kappa shape index (κ2) is 14.4. The summed E-state index contributed by atoms with van der Waals surface area (Å²) in [5.41, 5.74) is 5.48. The Hall–Kier alpha value is -2.52. The molecule has 0 aromatic heterocycles. The minimum Gasteiger partial charge on any atom is -0.368 e. The summed E-state index contributed by atoms with van der Waals surface area (Å²) in [5.74, 6) is 0.221. The highest BCUT2D eigenvalue weighted by atomic mass is 19.1. The molecule has 3 amide bonds. The van der Waals surface area contributed by atoms with Gasteiger partial charge in [0.2, 0.25) is 17.7 Å². The zero-order valence-electron chi connectivity index (χ0n) is 24.9. The average molecular weight is 560 g/mol. The molecule has 4 rings (SSSR count). The van der Waals surface area contributed by atoms with Gasteiger partial charge in [-0.25, -0.2) is 4.39 Å². The highest BCUT2D eigenvalue weighted by molar-refractivity contribution is 5.84. The predicted octanol–water partition coefficient (Wildman–Crippen LogP) is 3.24. The molecule has 224 valence electrons. The SMILES string of the molecule is CC(C)(C)NC(=O)C1(C2CCCCC2)CCN(C(=O)CCc2ccc(F)cc2)CC1.CN1CCN[C@H](C(N)=O)C1. The van der Waals surface area contributed by atoms with E-state index < -0.39 is 0 Å². The van der Waals surface area contributed by atoms with E-state index in [1.165, 1.54) is 31.4 Å². The number of nitrogens with two attached hydrogens (primary N) is 1. The van der Waals surface area contributed by atoms with Crippen LogP contribution in [0.2, 0.25) is 0 Å². The number of piperidine rings is 1. The monoisotopic (exact) mass is 559 g/mol. The van der Waals surface area contributed by atoms with Gasteiger partial charge in [-0.3, -0.25) is 14.4 Å². The van der Waals surface area contributed by atoms with Crippen molar-refractivity contribution >= 4 is 17.7 Å². The number of primary amides is 1. The van der Waals surface area contributed by atoms with E-state index in [1.807, 2.05) is 32.7 Å². The van der Waals surface area contributed by atoms with Crippen molar-refractivity contribution in [2.45, 2.75) is 90.1 Å². The molecule has 8 nitrogen and oxygen atoms in total. The maximum atomic E-state index is 13.4. The van der Waals surface area contributed by atoms with E-state index >= 15 is 0 Å². The number of likely N-dealkylation sites (tertiary alicyclic amines) is 1. The fourth-order valence-electron chi connectivity index (χ4n) is 6.24. The van der Waals surface area contributed by atoms with E-state index in [0.717, 1.165) is 50.9 Å². The lowest BCUT2D eigenvalue weighted by Crippen LogP contribution is -2.57. The first-order valence-electron chi connectivity index (χ1n) is 15.0. The van der Waals surface area contributed by atoms with Gasteiger partial charge in [0.05, 0.1) is 11.5 Å². The van der Waals surface area contributed by atoms with Crippen LogP contribution in [0.15, 0.2) is 24.3 Å². The number of carbonyl (C=O) groups is 3. The summed E-state index contributed by atoms with van der Waals surface area (Å²) in [4.78, 5) is 40.8. The molecule has 0 radical (unpaired) electrons. The Labute approximate surface area is 239 Å². The normalized spacial score (nSPS) is 22.1. The summed E-state index contributed by atoms with van der Waals surface area (Å²) in [6.07, 6.45) is 8.46. The lowest BCUT2D eigenvalue weighted by Gasteiger charge is -2.47. The molecule has 1 atom stereocenters. The van der Waals surface area contributed by atoms with Gasteiger partial charge in [0.1, 0.15) is 5.82 Å². The summed E-state index contributed by atoms with van der Waals surface area (Å²) in [6.45, 7) is 9.98. The van der Waals surface area contributed by atoms with Gasteiger partial charge in [-0.15, -0.1) is 0 Å². The van der Waals surface area contributed by atoms with Gasteiger partial charge in [0.25, 0.3) is 0 Å². The number of hydrogen-bond donors (Lipinski definition) is 3. The Morgan fingerprint density at radius 1 is 1.05 bits per heavy atom. The van der Waals surface area contributed by atoms with E-state index in [9.17, 15) is 18.8 Å². The maximum Gasteiger partial charge on any atom is 0.235 e. The van der Waals surface area contributed by atoms with Crippen LogP contribution in [0.5, 0.6) is 0 Å². The van der Waals surface area contributed by atoms with Crippen molar-refractivity contribution in [2.75, 3.05) is 39.8 Å². The lowest BCUT2D eigenvalue weighted by atomic mass is 9.63. The lowest BCUT2D eigenvalue weighted by molar-refractivity contribution is -0.146. The molecule has 1 aliphatic carbocycles. The van der Waals surface area contributed by atoms with Crippen LogP contribution in [0.4, 0.5) is 4.39 Å². The molecule has 1 aromatic rings. The first-order chi connectivity index (χ1) is 18.9. The zero-order chi connectivity index (χ0) is 29.3. The summed E-state index contributed by atoms with van der Waals surface area (Å²) >= 11 is 0. The molecule has 1 aromatic carbocycles. The van der Waals surface area contributed by atoms with Gasteiger partial charge in [0.15, 0.2) is 0 Å². The van der Waals surface area contributed by atoms with Crippen molar-refractivity contribution < 1.29 is 18.8 Å². The highest BCUT2D eigenvalue weighted by Gasteiger charge is 2.48. The minimum atomic E-state index is -0.346. The Bertz CT molecular complexity index is 980. The van der Waals surface area contributed by atoms with E-state index in [-0.39, 0.29) is 40.5 Å². The molecule has 2 saturated heterocycles. The first kappa shape index (κ1) is 32.0. The number of nitrogens with zero attached hydrogens (tertiary/aromatic N) is 2. The van der Waals surface area contributed by atoms with E-state index in [1.54, 1.807) is 12.1 Å². The summed E-state index contributed by atoms with van der Waals surface area (Å²) in [5, 5.41) is 6.28. The Morgan fingerprint density at radius 2 is 1.68 bits per heavy atom. The fraction of sp³-hybridized carbons (Fsp3) is 0.710. The Kier molecular flexibility index (Phi) is 11.5. The molecular formula is C31H50FN5O3. The van der Waals surface area contributed by atoms with E-state index in [2.05, 4.69) is 15.5 Å². The number of halogens is 1. The average Bonchev–Trinajstić information content (AvgIpc) is 2.92. The quantitative estimate of drug-likeness (QED) is 0.496. The summed E-state index contributed by atoms with van der Waals surface area (Å²) < 4.78 is 13.1. The van der Waals surface area contributed by atoms with Crippen LogP contribution in [-0.2, 0) is 20.8 Å². The molecule has 3 aliphatic rings. The summed E-state index contributed by atoms with van der Waals surface area (Å²) in [6, 6.07) is 6.20. The van der Waals surface area contributed by atoms with Crippen molar-refractivity contribution in [2.24, 2.45) is 17.1 Å². The third-order valence-electron chi connectivity index (χ3n) is 8.60. The molecule has 9 heteroatoms. The smallest absolute Gasteiger partial charge is 0.235 e. The number of rotatable bonds is 6. The van der Waals surface area contributed by atoms with Gasteiger partial charge in [-0.1, -0.05) is 31.4 Å². The number of benzene rings is 1. The number of piperazine rings is 1. The van der Waals surface area contributed by atoms with E-state index in [4.69, 9.17) is 5.73 Å². The van der Waals surface area contributed by atoms with Crippen molar-refractivity contribution in [3.63, 3.8) is 0 Å². The minimum absolute atomic E-state index is 0.132. The number of likely N-dealkylation sites (N-methyl/N-ethyl adjacent to an activating group) is 1. The molecule has 0 bridgehead atoms. The third-order valence-corrected chi connectivity index (χ3v) is 8.60. The molecule has 3 fully saturated rings. The third kappa shape index (κ3) is 9.26. The number of aryl methyl sites for hydroxylation is 1.